The smallest absolute Gasteiger partial charge is 0.251 e. The van der Waals surface area contributed by atoms with E-state index in [2.05, 4.69) is 21.2 Å². The highest BCUT2D eigenvalue weighted by Crippen LogP contribution is 2.32. The summed E-state index contributed by atoms with van der Waals surface area (Å²) in [5.74, 6) is 2.10. The summed E-state index contributed by atoms with van der Waals surface area (Å²) in [6.07, 6.45) is 0.722. The zero-order valence-corrected chi connectivity index (χ0v) is 14.2. The zero-order chi connectivity index (χ0) is 16.2. The average molecular weight is 378 g/mol. The summed E-state index contributed by atoms with van der Waals surface area (Å²) in [7, 11) is 1.59. The van der Waals surface area contributed by atoms with Crippen molar-refractivity contribution in [1.82, 2.24) is 5.32 Å². The summed E-state index contributed by atoms with van der Waals surface area (Å²) in [4.78, 5) is 12.2. The summed E-state index contributed by atoms with van der Waals surface area (Å²) >= 11 is 3.38. The minimum atomic E-state index is -0.117. The number of rotatable bonds is 5. The maximum Gasteiger partial charge on any atom is 0.251 e. The number of carbonyl (C=O) groups excluding carboxylic acids is 1. The fourth-order valence-electron chi connectivity index (χ4n) is 2.33. The van der Waals surface area contributed by atoms with E-state index in [-0.39, 0.29) is 12.7 Å². The van der Waals surface area contributed by atoms with Crippen LogP contribution in [0.5, 0.6) is 17.2 Å². The van der Waals surface area contributed by atoms with Gasteiger partial charge >= 0.3 is 0 Å². The van der Waals surface area contributed by atoms with Crippen LogP contribution in [-0.2, 0) is 6.42 Å². The molecule has 0 fully saturated rings. The summed E-state index contributed by atoms with van der Waals surface area (Å²) in [6, 6.07) is 11.0. The number of nitrogens with one attached hydrogen (secondary N) is 1. The van der Waals surface area contributed by atoms with Crippen molar-refractivity contribution in [2.45, 2.75) is 6.42 Å². The molecule has 0 aliphatic carbocycles. The molecular weight excluding hydrogens is 362 g/mol. The van der Waals surface area contributed by atoms with Gasteiger partial charge in [0, 0.05) is 12.1 Å². The van der Waals surface area contributed by atoms with Crippen molar-refractivity contribution in [2.24, 2.45) is 0 Å². The van der Waals surface area contributed by atoms with Crippen LogP contribution in [0.1, 0.15) is 15.9 Å². The van der Waals surface area contributed by atoms with Crippen LogP contribution in [-0.4, -0.2) is 26.4 Å². The molecule has 2 aromatic carbocycles. The monoisotopic (exact) mass is 377 g/mol. The van der Waals surface area contributed by atoms with Crippen LogP contribution in [0, 0.1) is 0 Å². The van der Waals surface area contributed by atoms with Gasteiger partial charge in [-0.15, -0.1) is 0 Å². The van der Waals surface area contributed by atoms with Crippen molar-refractivity contribution in [3.05, 3.63) is 52.0 Å². The van der Waals surface area contributed by atoms with Crippen LogP contribution in [0.25, 0.3) is 0 Å². The van der Waals surface area contributed by atoms with E-state index in [0.29, 0.717) is 17.9 Å². The van der Waals surface area contributed by atoms with Gasteiger partial charge in [-0.3, -0.25) is 4.79 Å². The highest BCUT2D eigenvalue weighted by Gasteiger charge is 2.13. The van der Waals surface area contributed by atoms with E-state index < -0.39 is 0 Å². The van der Waals surface area contributed by atoms with Gasteiger partial charge in [0.1, 0.15) is 5.75 Å². The van der Waals surface area contributed by atoms with Gasteiger partial charge in [0.05, 0.1) is 11.6 Å². The highest BCUT2D eigenvalue weighted by atomic mass is 79.9. The number of methoxy groups -OCH3 is 1. The predicted molar refractivity (Wildman–Crippen MR) is 89.3 cm³/mol. The molecule has 3 rings (SSSR count). The van der Waals surface area contributed by atoms with Gasteiger partial charge in [0.25, 0.3) is 5.91 Å². The molecule has 1 aliphatic heterocycles. The number of amides is 1. The number of benzene rings is 2. The molecule has 1 N–H and O–H groups in total. The second kappa shape index (κ2) is 6.91. The first-order valence-electron chi connectivity index (χ1n) is 7.17. The molecule has 2 aromatic rings. The molecule has 120 valence electrons. The number of carbonyl (C=O) groups is 1. The Balaban J connectivity index is 1.56. The largest absolute Gasteiger partial charge is 0.496 e. The molecule has 0 unspecified atom stereocenters. The van der Waals surface area contributed by atoms with E-state index in [0.717, 1.165) is 28.0 Å². The van der Waals surface area contributed by atoms with Gasteiger partial charge in [-0.25, -0.2) is 0 Å². The fourth-order valence-corrected chi connectivity index (χ4v) is 2.87. The fraction of sp³-hybridized carbons (Fsp3) is 0.235. The Morgan fingerprint density at radius 2 is 2.04 bits per heavy atom. The molecular formula is C17H16BrNO4. The number of halogens is 1. The lowest BCUT2D eigenvalue weighted by Gasteiger charge is -2.08. The molecule has 23 heavy (non-hydrogen) atoms. The van der Waals surface area contributed by atoms with Gasteiger partial charge in [-0.1, -0.05) is 6.07 Å². The molecule has 1 aliphatic rings. The van der Waals surface area contributed by atoms with E-state index in [1.165, 1.54) is 0 Å². The number of hydrogen-bond acceptors (Lipinski definition) is 4. The van der Waals surface area contributed by atoms with Crippen LogP contribution in [0.2, 0.25) is 0 Å². The van der Waals surface area contributed by atoms with Crippen LogP contribution < -0.4 is 19.5 Å². The van der Waals surface area contributed by atoms with Crippen molar-refractivity contribution < 1.29 is 19.0 Å². The van der Waals surface area contributed by atoms with Crippen molar-refractivity contribution in [3.8, 4) is 17.2 Å². The maximum absolute atomic E-state index is 12.2. The Morgan fingerprint density at radius 3 is 2.83 bits per heavy atom. The normalized spacial score (nSPS) is 12.1. The van der Waals surface area contributed by atoms with Crippen molar-refractivity contribution in [2.75, 3.05) is 20.4 Å². The van der Waals surface area contributed by atoms with Gasteiger partial charge in [-0.2, -0.15) is 0 Å². The van der Waals surface area contributed by atoms with Crippen LogP contribution in [0.3, 0.4) is 0 Å². The first-order valence-corrected chi connectivity index (χ1v) is 7.97. The lowest BCUT2D eigenvalue weighted by molar-refractivity contribution is 0.0954. The van der Waals surface area contributed by atoms with Gasteiger partial charge in [0.2, 0.25) is 6.79 Å². The molecule has 1 heterocycles. The molecule has 0 radical (unpaired) electrons. The molecule has 0 spiro atoms. The summed E-state index contributed by atoms with van der Waals surface area (Å²) in [5.41, 5.74) is 1.67. The summed E-state index contributed by atoms with van der Waals surface area (Å²) in [6.45, 7) is 0.810. The lowest BCUT2D eigenvalue weighted by Crippen LogP contribution is -2.25. The van der Waals surface area contributed by atoms with E-state index in [1.54, 1.807) is 25.3 Å². The Bertz CT molecular complexity index is 733. The number of ether oxygens (including phenoxy) is 3. The summed E-state index contributed by atoms with van der Waals surface area (Å²) in [5, 5.41) is 2.91. The maximum atomic E-state index is 12.2. The van der Waals surface area contributed by atoms with Crippen LogP contribution in [0.4, 0.5) is 0 Å². The Hall–Kier alpha value is -2.21. The topological polar surface area (TPSA) is 56.8 Å². The van der Waals surface area contributed by atoms with E-state index in [9.17, 15) is 4.79 Å². The Kier molecular flexibility index (Phi) is 4.71. The molecule has 6 heteroatoms. The number of hydrogen-bond donors (Lipinski definition) is 1. The zero-order valence-electron chi connectivity index (χ0n) is 12.6. The Labute approximate surface area is 142 Å². The lowest BCUT2D eigenvalue weighted by atomic mass is 10.1. The van der Waals surface area contributed by atoms with Crippen molar-refractivity contribution in [1.29, 1.82) is 0 Å². The quantitative estimate of drug-likeness (QED) is 0.869. The third kappa shape index (κ3) is 3.59. The number of fused-ring (bicyclic) bond motifs is 1. The molecule has 0 aromatic heterocycles. The molecule has 0 atom stereocenters. The second-order valence-electron chi connectivity index (χ2n) is 5.04. The van der Waals surface area contributed by atoms with Gasteiger partial charge in [0.15, 0.2) is 11.5 Å². The molecule has 0 saturated heterocycles. The first kappa shape index (κ1) is 15.7. The first-order chi connectivity index (χ1) is 11.2. The van der Waals surface area contributed by atoms with Gasteiger partial charge < -0.3 is 19.5 Å². The van der Waals surface area contributed by atoms with Crippen molar-refractivity contribution >= 4 is 21.8 Å². The van der Waals surface area contributed by atoms with Gasteiger partial charge in [-0.05, 0) is 58.2 Å². The van der Waals surface area contributed by atoms with E-state index in [1.807, 2.05) is 18.2 Å². The van der Waals surface area contributed by atoms with E-state index >= 15 is 0 Å². The highest BCUT2D eigenvalue weighted by molar-refractivity contribution is 9.10. The van der Waals surface area contributed by atoms with Crippen molar-refractivity contribution in [3.63, 3.8) is 0 Å². The average Bonchev–Trinajstić information content (AvgIpc) is 3.02. The molecule has 5 nitrogen and oxygen atoms in total. The van der Waals surface area contributed by atoms with Crippen LogP contribution in [0.15, 0.2) is 40.9 Å². The summed E-state index contributed by atoms with van der Waals surface area (Å²) < 4.78 is 16.5. The van der Waals surface area contributed by atoms with E-state index in [4.69, 9.17) is 14.2 Å². The standard InChI is InChI=1S/C17H16BrNO4/c1-21-14-5-3-12(9-13(14)18)17(20)19-7-6-11-2-4-15-16(8-11)23-10-22-15/h2-5,8-9H,6-7,10H2,1H3,(H,19,20). The minimum absolute atomic E-state index is 0.117. The minimum Gasteiger partial charge on any atom is -0.496 e. The van der Waals surface area contributed by atoms with Crippen LogP contribution >= 0.6 is 15.9 Å². The Morgan fingerprint density at radius 1 is 1.22 bits per heavy atom. The molecule has 1 amide bonds. The predicted octanol–water partition coefficient (Wildman–Crippen LogP) is 3.16. The second-order valence-corrected chi connectivity index (χ2v) is 5.90. The molecule has 0 saturated carbocycles. The SMILES string of the molecule is COc1ccc(C(=O)NCCc2ccc3c(c2)OCO3)cc1Br. The third-order valence-electron chi connectivity index (χ3n) is 3.55. The molecule has 0 bridgehead atoms. The third-order valence-corrected chi connectivity index (χ3v) is 4.17.